The molecule has 9 nitrogen and oxygen atoms in total. The van der Waals surface area contributed by atoms with Crippen LogP contribution in [0.4, 0.5) is 5.69 Å². The summed E-state index contributed by atoms with van der Waals surface area (Å²) >= 11 is 3.44. The number of fused-ring (bicyclic) bond motifs is 1. The lowest BCUT2D eigenvalue weighted by Crippen LogP contribution is -2.16. The fraction of sp³-hybridized carbons (Fsp3) is 0.103. The smallest absolute Gasteiger partial charge is 0.307 e. The van der Waals surface area contributed by atoms with Crippen LogP contribution in [0.1, 0.15) is 33.1 Å². The Morgan fingerprint density at radius 1 is 1.08 bits per heavy atom. The molecular formula is C29H23BrN4O5. The number of carbonyl (C=O) groups is 1. The maximum Gasteiger partial charge on any atom is 0.307 e. The predicted molar refractivity (Wildman–Crippen MR) is 152 cm³/mol. The van der Waals surface area contributed by atoms with Crippen molar-refractivity contribution in [3.63, 3.8) is 0 Å². The summed E-state index contributed by atoms with van der Waals surface area (Å²) in [5.41, 5.74) is 7.60. The minimum atomic E-state index is -0.558. The van der Waals surface area contributed by atoms with Gasteiger partial charge in [0, 0.05) is 44.6 Å². The summed E-state index contributed by atoms with van der Waals surface area (Å²) in [6, 6.07) is 23.4. The van der Waals surface area contributed by atoms with Gasteiger partial charge >= 0.3 is 5.91 Å². The predicted octanol–water partition coefficient (Wildman–Crippen LogP) is 6.85. The van der Waals surface area contributed by atoms with E-state index in [-0.39, 0.29) is 11.4 Å². The molecule has 0 aliphatic carbocycles. The third-order valence-corrected chi connectivity index (χ3v) is 6.72. The number of hydrogen-bond acceptors (Lipinski definition) is 6. The summed E-state index contributed by atoms with van der Waals surface area (Å²) in [7, 11) is 0. The van der Waals surface area contributed by atoms with E-state index >= 15 is 0 Å². The Kier molecular flexibility index (Phi) is 7.29. The van der Waals surface area contributed by atoms with Crippen LogP contribution in [0.15, 0.2) is 92.9 Å². The number of furan rings is 1. The second-order valence-electron chi connectivity index (χ2n) is 8.86. The van der Waals surface area contributed by atoms with Crippen molar-refractivity contribution in [3.05, 3.63) is 122 Å². The number of benzene rings is 3. The van der Waals surface area contributed by atoms with Crippen molar-refractivity contribution in [2.75, 3.05) is 0 Å². The number of nitrogens with one attached hydrogen (secondary N) is 1. The van der Waals surface area contributed by atoms with Gasteiger partial charge in [-0.15, -0.1) is 0 Å². The standard InChI is InChI=1S/C29H23BrN4O5/c1-18-13-22(16-31-32-29(35)28-15-21-14-25(34(36)37)9-12-27(21)39-28)19(2)33(18)24-7-10-26(11-8-24)38-17-20-3-5-23(30)6-4-20/h3-16H,17H2,1-2H3,(H,32,35)/b31-16+. The summed E-state index contributed by atoms with van der Waals surface area (Å²) in [6.07, 6.45) is 1.57. The number of hydrogen-bond donors (Lipinski definition) is 1. The van der Waals surface area contributed by atoms with E-state index in [1.807, 2.05) is 68.4 Å². The lowest BCUT2D eigenvalue weighted by Gasteiger charge is -2.11. The number of rotatable bonds is 8. The van der Waals surface area contributed by atoms with Crippen LogP contribution < -0.4 is 10.2 Å². The van der Waals surface area contributed by atoms with Crippen LogP contribution in [-0.2, 0) is 6.61 Å². The molecule has 2 heterocycles. The minimum absolute atomic E-state index is 0.00978. The number of hydrazone groups is 1. The molecule has 5 rings (SSSR count). The number of nitro benzene ring substituents is 1. The summed E-state index contributed by atoms with van der Waals surface area (Å²) in [4.78, 5) is 23.0. The third kappa shape index (κ3) is 5.75. The zero-order chi connectivity index (χ0) is 27.5. The molecule has 0 fully saturated rings. The van der Waals surface area contributed by atoms with Gasteiger partial charge in [0.05, 0.1) is 11.1 Å². The number of carbonyl (C=O) groups excluding carboxylic acids is 1. The van der Waals surface area contributed by atoms with E-state index in [2.05, 4.69) is 31.0 Å². The molecule has 10 heteroatoms. The summed E-state index contributed by atoms with van der Waals surface area (Å²) in [5, 5.41) is 15.5. The van der Waals surface area contributed by atoms with Crippen LogP contribution >= 0.6 is 15.9 Å². The number of nitro groups is 1. The number of halogens is 1. The first-order valence-electron chi connectivity index (χ1n) is 12.0. The van der Waals surface area contributed by atoms with E-state index in [1.54, 1.807) is 6.21 Å². The van der Waals surface area contributed by atoms with Crippen LogP contribution in [0.25, 0.3) is 16.7 Å². The van der Waals surface area contributed by atoms with Gasteiger partial charge in [-0.2, -0.15) is 5.10 Å². The molecule has 0 unspecified atom stereocenters. The highest BCUT2D eigenvalue weighted by atomic mass is 79.9. The Hall–Kier alpha value is -4.70. The van der Waals surface area contributed by atoms with E-state index in [1.165, 1.54) is 24.3 Å². The molecule has 0 spiro atoms. The molecule has 0 aliphatic rings. The zero-order valence-electron chi connectivity index (χ0n) is 21.1. The summed E-state index contributed by atoms with van der Waals surface area (Å²) in [6.45, 7) is 4.45. The van der Waals surface area contributed by atoms with E-state index in [0.717, 1.165) is 38.4 Å². The molecule has 0 bridgehead atoms. The molecule has 1 N–H and O–H groups in total. The van der Waals surface area contributed by atoms with E-state index < -0.39 is 10.8 Å². The largest absolute Gasteiger partial charge is 0.489 e. The number of non-ortho nitro benzene ring substituents is 1. The van der Waals surface area contributed by atoms with Crippen LogP contribution in [0.3, 0.4) is 0 Å². The molecule has 0 aliphatic heterocycles. The summed E-state index contributed by atoms with van der Waals surface area (Å²) in [5.74, 6) is 0.224. The van der Waals surface area contributed by atoms with Crippen LogP contribution in [0, 0.1) is 24.0 Å². The molecule has 0 atom stereocenters. The lowest BCUT2D eigenvalue weighted by atomic mass is 10.2. The fourth-order valence-corrected chi connectivity index (χ4v) is 4.49. The molecule has 5 aromatic rings. The average molecular weight is 587 g/mol. The van der Waals surface area contributed by atoms with Crippen molar-refractivity contribution >= 4 is 44.7 Å². The molecule has 0 radical (unpaired) electrons. The molecule has 196 valence electrons. The Labute approximate surface area is 232 Å². The zero-order valence-corrected chi connectivity index (χ0v) is 22.6. The fourth-order valence-electron chi connectivity index (χ4n) is 4.23. The lowest BCUT2D eigenvalue weighted by molar-refractivity contribution is -0.384. The Morgan fingerprint density at radius 3 is 2.54 bits per heavy atom. The third-order valence-electron chi connectivity index (χ3n) is 6.19. The van der Waals surface area contributed by atoms with Crippen molar-refractivity contribution in [1.82, 2.24) is 9.99 Å². The monoisotopic (exact) mass is 586 g/mol. The maximum absolute atomic E-state index is 12.5. The SMILES string of the molecule is Cc1cc(/C=N/NC(=O)c2cc3cc([N+](=O)[O-])ccc3o2)c(C)n1-c1ccc(OCc2ccc(Br)cc2)cc1. The number of aryl methyl sites for hydroxylation is 1. The van der Waals surface area contributed by atoms with Crippen LogP contribution in [-0.4, -0.2) is 21.6 Å². The molecule has 1 amide bonds. The first-order chi connectivity index (χ1) is 18.8. The highest BCUT2D eigenvalue weighted by Crippen LogP contribution is 2.25. The van der Waals surface area contributed by atoms with Gasteiger partial charge in [0.2, 0.25) is 0 Å². The number of amides is 1. The second-order valence-corrected chi connectivity index (χ2v) is 9.78. The van der Waals surface area contributed by atoms with Gasteiger partial charge in [0.1, 0.15) is 17.9 Å². The second kappa shape index (κ2) is 11.0. The summed E-state index contributed by atoms with van der Waals surface area (Å²) < 4.78 is 14.5. The molecular weight excluding hydrogens is 564 g/mol. The van der Waals surface area contributed by atoms with Crippen molar-refractivity contribution < 1.29 is 18.9 Å². The Morgan fingerprint density at radius 2 is 1.82 bits per heavy atom. The molecule has 0 saturated heterocycles. The van der Waals surface area contributed by atoms with Crippen LogP contribution in [0.5, 0.6) is 5.75 Å². The molecule has 2 aromatic heterocycles. The highest BCUT2D eigenvalue weighted by Gasteiger charge is 2.15. The minimum Gasteiger partial charge on any atom is -0.489 e. The van der Waals surface area contributed by atoms with Crippen molar-refractivity contribution in [1.29, 1.82) is 0 Å². The average Bonchev–Trinajstić information content (AvgIpc) is 3.48. The number of aromatic nitrogens is 1. The van der Waals surface area contributed by atoms with E-state index in [0.29, 0.717) is 17.6 Å². The topological polar surface area (TPSA) is 112 Å². The van der Waals surface area contributed by atoms with Gasteiger partial charge in [-0.1, -0.05) is 28.1 Å². The molecule has 39 heavy (non-hydrogen) atoms. The Bertz CT molecular complexity index is 1700. The van der Waals surface area contributed by atoms with Gasteiger partial charge in [0.25, 0.3) is 5.69 Å². The van der Waals surface area contributed by atoms with Crippen molar-refractivity contribution in [2.45, 2.75) is 20.5 Å². The highest BCUT2D eigenvalue weighted by molar-refractivity contribution is 9.10. The van der Waals surface area contributed by atoms with Gasteiger partial charge in [-0.25, -0.2) is 5.43 Å². The van der Waals surface area contributed by atoms with E-state index in [4.69, 9.17) is 9.15 Å². The van der Waals surface area contributed by atoms with Crippen LogP contribution in [0.2, 0.25) is 0 Å². The normalized spacial score (nSPS) is 11.3. The van der Waals surface area contributed by atoms with Gasteiger partial charge < -0.3 is 13.7 Å². The number of nitrogens with zero attached hydrogens (tertiary/aromatic N) is 3. The quantitative estimate of drug-likeness (QED) is 0.121. The molecule has 3 aromatic carbocycles. The number of ether oxygens (including phenoxy) is 1. The van der Waals surface area contributed by atoms with Gasteiger partial charge in [-0.3, -0.25) is 14.9 Å². The maximum atomic E-state index is 12.5. The van der Waals surface area contributed by atoms with Crippen molar-refractivity contribution in [3.8, 4) is 11.4 Å². The Balaban J connectivity index is 1.24. The van der Waals surface area contributed by atoms with Gasteiger partial charge in [0.15, 0.2) is 5.76 Å². The first kappa shape index (κ1) is 25.9. The molecule has 0 saturated carbocycles. The first-order valence-corrected chi connectivity index (χ1v) is 12.8. The van der Waals surface area contributed by atoms with E-state index in [9.17, 15) is 14.9 Å². The van der Waals surface area contributed by atoms with Crippen molar-refractivity contribution in [2.24, 2.45) is 5.10 Å². The van der Waals surface area contributed by atoms with Gasteiger partial charge in [-0.05, 0) is 74.0 Å².